The van der Waals surface area contributed by atoms with Crippen molar-refractivity contribution in [3.8, 4) is 0 Å². The SMILES string of the molecule is Cc1cc(Br)c(N)cc1S(=O)(=O)N(C)CCC(C)O. The molecule has 1 aromatic rings. The molecule has 1 unspecified atom stereocenters. The minimum atomic E-state index is -3.58. The number of rotatable bonds is 5. The lowest BCUT2D eigenvalue weighted by atomic mass is 10.2. The lowest BCUT2D eigenvalue weighted by molar-refractivity contribution is 0.177. The Morgan fingerprint density at radius 1 is 1.47 bits per heavy atom. The van der Waals surface area contributed by atoms with Gasteiger partial charge in [-0.15, -0.1) is 0 Å². The quantitative estimate of drug-likeness (QED) is 0.792. The van der Waals surface area contributed by atoms with Crippen LogP contribution in [0.4, 0.5) is 5.69 Å². The van der Waals surface area contributed by atoms with E-state index in [0.29, 0.717) is 22.1 Å². The lowest BCUT2D eigenvalue weighted by Gasteiger charge is -2.19. The second-order valence-electron chi connectivity index (χ2n) is 4.60. The number of hydrogen-bond acceptors (Lipinski definition) is 4. The molecule has 0 radical (unpaired) electrons. The van der Waals surface area contributed by atoms with E-state index in [4.69, 9.17) is 5.73 Å². The van der Waals surface area contributed by atoms with Crippen LogP contribution in [0.2, 0.25) is 0 Å². The first-order valence-corrected chi connectivity index (χ1v) is 8.09. The number of aryl methyl sites for hydroxylation is 1. The Labute approximate surface area is 122 Å². The van der Waals surface area contributed by atoms with Gasteiger partial charge in [-0.25, -0.2) is 12.7 Å². The van der Waals surface area contributed by atoms with Gasteiger partial charge in [-0.1, -0.05) is 0 Å². The minimum Gasteiger partial charge on any atom is -0.398 e. The predicted octanol–water partition coefficient (Wildman–Crippen LogP) is 1.73. The standard InChI is InChI=1S/C12H19BrN2O3S/c1-8-6-10(13)11(14)7-12(8)19(17,18)15(3)5-4-9(2)16/h6-7,9,16H,4-5,14H2,1-3H3. The van der Waals surface area contributed by atoms with Crippen molar-refractivity contribution in [3.63, 3.8) is 0 Å². The van der Waals surface area contributed by atoms with Crippen LogP contribution in [0.3, 0.4) is 0 Å². The molecule has 1 atom stereocenters. The number of aliphatic hydroxyl groups is 1. The van der Waals surface area contributed by atoms with Gasteiger partial charge in [-0.05, 0) is 53.9 Å². The third-order valence-corrected chi connectivity index (χ3v) is 5.53. The lowest BCUT2D eigenvalue weighted by Crippen LogP contribution is -2.30. The normalized spacial score (nSPS) is 13.8. The summed E-state index contributed by atoms with van der Waals surface area (Å²) in [5.41, 5.74) is 6.75. The highest BCUT2D eigenvalue weighted by Gasteiger charge is 2.23. The van der Waals surface area contributed by atoms with Gasteiger partial charge in [-0.3, -0.25) is 0 Å². The summed E-state index contributed by atoms with van der Waals surface area (Å²) in [5, 5.41) is 9.22. The van der Waals surface area contributed by atoms with Gasteiger partial charge in [0.2, 0.25) is 10.0 Å². The number of aliphatic hydroxyl groups excluding tert-OH is 1. The number of benzene rings is 1. The van der Waals surface area contributed by atoms with Crippen molar-refractivity contribution in [2.45, 2.75) is 31.3 Å². The Hall–Kier alpha value is -0.630. The van der Waals surface area contributed by atoms with E-state index in [-0.39, 0.29) is 11.4 Å². The average Bonchev–Trinajstić information content (AvgIpc) is 2.30. The van der Waals surface area contributed by atoms with E-state index in [1.807, 2.05) is 0 Å². The van der Waals surface area contributed by atoms with Crippen LogP contribution in [0.1, 0.15) is 18.9 Å². The molecule has 108 valence electrons. The summed E-state index contributed by atoms with van der Waals surface area (Å²) in [6, 6.07) is 3.14. The van der Waals surface area contributed by atoms with E-state index >= 15 is 0 Å². The van der Waals surface area contributed by atoms with Crippen LogP contribution in [0, 0.1) is 6.92 Å². The number of nitrogen functional groups attached to an aromatic ring is 1. The zero-order chi connectivity index (χ0) is 14.8. The Balaban J connectivity index is 3.10. The Kier molecular flexibility index (Phi) is 5.37. The topological polar surface area (TPSA) is 83.6 Å². The van der Waals surface area contributed by atoms with E-state index in [0.717, 1.165) is 0 Å². The van der Waals surface area contributed by atoms with Gasteiger partial charge < -0.3 is 10.8 Å². The van der Waals surface area contributed by atoms with Crippen LogP contribution in [-0.2, 0) is 10.0 Å². The van der Waals surface area contributed by atoms with Crippen molar-refractivity contribution >= 4 is 31.6 Å². The molecule has 0 spiro atoms. The van der Waals surface area contributed by atoms with Gasteiger partial charge in [0, 0.05) is 23.8 Å². The molecule has 19 heavy (non-hydrogen) atoms. The van der Waals surface area contributed by atoms with Crippen LogP contribution in [0.5, 0.6) is 0 Å². The first-order chi connectivity index (χ1) is 8.66. The highest BCUT2D eigenvalue weighted by molar-refractivity contribution is 9.10. The van der Waals surface area contributed by atoms with Crippen LogP contribution in [0.25, 0.3) is 0 Å². The molecule has 0 saturated heterocycles. The summed E-state index contributed by atoms with van der Waals surface area (Å²) in [4.78, 5) is 0.196. The summed E-state index contributed by atoms with van der Waals surface area (Å²) in [5.74, 6) is 0. The number of anilines is 1. The monoisotopic (exact) mass is 350 g/mol. The fourth-order valence-electron chi connectivity index (χ4n) is 1.60. The van der Waals surface area contributed by atoms with E-state index in [2.05, 4.69) is 15.9 Å². The predicted molar refractivity (Wildman–Crippen MR) is 79.4 cm³/mol. The first kappa shape index (κ1) is 16.4. The fraction of sp³-hybridized carbons (Fsp3) is 0.500. The Bertz CT molecular complexity index is 558. The summed E-state index contributed by atoms with van der Waals surface area (Å²) in [7, 11) is -2.09. The van der Waals surface area contributed by atoms with E-state index in [9.17, 15) is 13.5 Å². The largest absolute Gasteiger partial charge is 0.398 e. The van der Waals surface area contributed by atoms with E-state index < -0.39 is 16.1 Å². The second kappa shape index (κ2) is 6.21. The van der Waals surface area contributed by atoms with Gasteiger partial charge in [0.1, 0.15) is 0 Å². The van der Waals surface area contributed by atoms with Gasteiger partial charge in [-0.2, -0.15) is 0 Å². The molecule has 5 nitrogen and oxygen atoms in total. The maximum atomic E-state index is 12.4. The van der Waals surface area contributed by atoms with Crippen LogP contribution in [0.15, 0.2) is 21.5 Å². The second-order valence-corrected chi connectivity index (χ2v) is 7.47. The molecule has 0 fully saturated rings. The fourth-order valence-corrected chi connectivity index (χ4v) is 3.48. The van der Waals surface area contributed by atoms with Gasteiger partial charge in [0.25, 0.3) is 0 Å². The van der Waals surface area contributed by atoms with Crippen LogP contribution in [-0.4, -0.2) is 37.5 Å². The summed E-state index contributed by atoms with van der Waals surface area (Å²) in [6.45, 7) is 3.61. The molecule has 0 aliphatic carbocycles. The van der Waals surface area contributed by atoms with Gasteiger partial charge in [0.05, 0.1) is 11.0 Å². The molecule has 1 aromatic carbocycles. The molecule has 0 saturated carbocycles. The van der Waals surface area contributed by atoms with Gasteiger partial charge in [0.15, 0.2) is 0 Å². The van der Waals surface area contributed by atoms with Crippen LogP contribution < -0.4 is 5.73 Å². The van der Waals surface area contributed by atoms with Crippen molar-refractivity contribution in [3.05, 3.63) is 22.2 Å². The third kappa shape index (κ3) is 3.92. The first-order valence-electron chi connectivity index (χ1n) is 5.86. The molecule has 0 aliphatic rings. The number of sulfonamides is 1. The highest BCUT2D eigenvalue weighted by atomic mass is 79.9. The van der Waals surface area contributed by atoms with Crippen molar-refractivity contribution in [2.24, 2.45) is 0 Å². The molecular formula is C12H19BrN2O3S. The molecule has 0 aliphatic heterocycles. The average molecular weight is 351 g/mol. The molecule has 0 amide bonds. The highest BCUT2D eigenvalue weighted by Crippen LogP contribution is 2.28. The molecule has 0 bridgehead atoms. The summed E-state index contributed by atoms with van der Waals surface area (Å²) < 4.78 is 26.7. The summed E-state index contributed by atoms with van der Waals surface area (Å²) in [6.07, 6.45) is -0.144. The van der Waals surface area contributed by atoms with Crippen molar-refractivity contribution < 1.29 is 13.5 Å². The number of nitrogens with two attached hydrogens (primary N) is 1. The minimum absolute atomic E-state index is 0.196. The zero-order valence-corrected chi connectivity index (χ0v) is 13.6. The van der Waals surface area contributed by atoms with Crippen molar-refractivity contribution in [2.75, 3.05) is 19.3 Å². The van der Waals surface area contributed by atoms with Gasteiger partial charge >= 0.3 is 0 Å². The van der Waals surface area contributed by atoms with Crippen molar-refractivity contribution in [1.82, 2.24) is 4.31 Å². The van der Waals surface area contributed by atoms with E-state index in [1.165, 1.54) is 17.4 Å². The molecule has 1 rings (SSSR count). The Morgan fingerprint density at radius 2 is 2.05 bits per heavy atom. The molecule has 7 heteroatoms. The Morgan fingerprint density at radius 3 is 2.58 bits per heavy atom. The molecule has 3 N–H and O–H groups in total. The maximum absolute atomic E-state index is 12.4. The molecular weight excluding hydrogens is 332 g/mol. The van der Waals surface area contributed by atoms with Crippen molar-refractivity contribution in [1.29, 1.82) is 0 Å². The molecule has 0 aromatic heterocycles. The summed E-state index contributed by atoms with van der Waals surface area (Å²) >= 11 is 3.27. The number of hydrogen-bond donors (Lipinski definition) is 2. The smallest absolute Gasteiger partial charge is 0.243 e. The maximum Gasteiger partial charge on any atom is 0.243 e. The molecule has 0 heterocycles. The van der Waals surface area contributed by atoms with Crippen LogP contribution >= 0.6 is 15.9 Å². The number of nitrogens with zero attached hydrogens (tertiary/aromatic N) is 1. The zero-order valence-electron chi connectivity index (χ0n) is 11.2. The third-order valence-electron chi connectivity index (χ3n) is 2.84. The number of halogens is 1. The van der Waals surface area contributed by atoms with E-state index in [1.54, 1.807) is 19.9 Å².